The van der Waals surface area contributed by atoms with Crippen molar-refractivity contribution < 1.29 is 23.8 Å². The van der Waals surface area contributed by atoms with Crippen LogP contribution in [0.1, 0.15) is 33.4 Å². The summed E-state index contributed by atoms with van der Waals surface area (Å²) in [6.45, 7) is 8.69. The lowest BCUT2D eigenvalue weighted by molar-refractivity contribution is -0.114. The molecule has 0 saturated carbocycles. The molecule has 2 aromatic carbocycles. The Morgan fingerprint density at radius 3 is 2.44 bits per heavy atom. The van der Waals surface area contributed by atoms with E-state index in [2.05, 4.69) is 70.9 Å². The van der Waals surface area contributed by atoms with Crippen LogP contribution in [0.15, 0.2) is 48.7 Å². The first-order valence-corrected chi connectivity index (χ1v) is 14.8. The number of H-pyrrole nitrogens is 1. The largest absolute Gasteiger partial charge is 0.489 e. The molecule has 0 saturated heterocycles. The topological polar surface area (TPSA) is 143 Å². The predicted octanol–water partition coefficient (Wildman–Crippen LogP) is 6.55. The van der Waals surface area contributed by atoms with E-state index in [9.17, 15) is 9.59 Å². The summed E-state index contributed by atoms with van der Waals surface area (Å²) >= 11 is 6.52. The Morgan fingerprint density at radius 1 is 1.00 bits per heavy atom. The van der Waals surface area contributed by atoms with E-state index in [-0.39, 0.29) is 22.4 Å². The average molecular weight is 638 g/mol. The van der Waals surface area contributed by atoms with Gasteiger partial charge < -0.3 is 29.7 Å². The van der Waals surface area contributed by atoms with Crippen molar-refractivity contribution >= 4 is 51.6 Å². The molecule has 4 rings (SSSR count). The maximum Gasteiger partial charge on any atom is 0.324 e. The first-order valence-electron chi connectivity index (χ1n) is 14.4. The van der Waals surface area contributed by atoms with Gasteiger partial charge in [-0.25, -0.2) is 4.79 Å². The molecular weight excluding hydrogens is 598 g/mol. The number of ether oxygens (including phenoxy) is 3. The van der Waals surface area contributed by atoms with E-state index >= 15 is 0 Å². The Kier molecular flexibility index (Phi) is 10.9. The van der Waals surface area contributed by atoms with Gasteiger partial charge in [0.15, 0.2) is 0 Å². The fourth-order valence-electron chi connectivity index (χ4n) is 4.94. The summed E-state index contributed by atoms with van der Waals surface area (Å²) in [5.74, 6) is 1.61. The van der Waals surface area contributed by atoms with Gasteiger partial charge >= 0.3 is 6.03 Å². The number of aromatic nitrogens is 3. The van der Waals surface area contributed by atoms with E-state index < -0.39 is 6.03 Å². The molecular formula is C32H40ClN7O5. The number of carbonyl (C=O) groups is 2. The summed E-state index contributed by atoms with van der Waals surface area (Å²) in [6.07, 6.45) is 2.34. The Labute approximate surface area is 267 Å². The molecule has 3 amide bonds. The van der Waals surface area contributed by atoms with Crippen molar-refractivity contribution in [2.45, 2.75) is 40.2 Å². The van der Waals surface area contributed by atoms with Crippen molar-refractivity contribution in [2.24, 2.45) is 5.41 Å². The van der Waals surface area contributed by atoms with Crippen molar-refractivity contribution in [1.29, 1.82) is 0 Å². The monoisotopic (exact) mass is 637 g/mol. The van der Waals surface area contributed by atoms with Crippen LogP contribution in [0, 0.1) is 5.41 Å². The number of carbonyl (C=O) groups excluding carboxylic acids is 2. The highest BCUT2D eigenvalue weighted by Crippen LogP contribution is 2.37. The van der Waals surface area contributed by atoms with E-state index in [0.717, 1.165) is 12.1 Å². The minimum atomic E-state index is -0.477. The van der Waals surface area contributed by atoms with Gasteiger partial charge in [0.05, 0.1) is 34.2 Å². The maximum absolute atomic E-state index is 12.8. The number of hydrogen-bond donors (Lipinski definition) is 4. The van der Waals surface area contributed by atoms with Crippen LogP contribution in [0.25, 0.3) is 10.9 Å². The lowest BCUT2D eigenvalue weighted by Gasteiger charge is -2.35. The summed E-state index contributed by atoms with van der Waals surface area (Å²) in [5.41, 5.74) is 2.38. The van der Waals surface area contributed by atoms with E-state index in [1.165, 1.54) is 6.92 Å². The van der Waals surface area contributed by atoms with Crippen LogP contribution < -0.4 is 25.4 Å². The second-order valence-electron chi connectivity index (χ2n) is 11.8. The molecule has 2 aromatic heterocycles. The number of methoxy groups -OCH3 is 1. The number of nitrogens with one attached hydrogen (secondary N) is 4. The minimum absolute atomic E-state index is 0.0583. The van der Waals surface area contributed by atoms with Gasteiger partial charge in [-0.1, -0.05) is 32.4 Å². The summed E-state index contributed by atoms with van der Waals surface area (Å²) in [6, 6.07) is 11.7. The predicted molar refractivity (Wildman–Crippen MR) is 177 cm³/mol. The van der Waals surface area contributed by atoms with Crippen LogP contribution >= 0.6 is 11.6 Å². The fraction of sp³-hybridized carbons (Fsp3) is 0.375. The molecule has 0 bridgehead atoms. The van der Waals surface area contributed by atoms with Crippen molar-refractivity contribution in [3.8, 4) is 17.2 Å². The van der Waals surface area contributed by atoms with Crippen molar-refractivity contribution in [3.63, 3.8) is 0 Å². The standard InChI is InChI=1S/C32H40ClN7O5/c1-19(41)35-26-17-22-25(18-28(26)44-13-12-43-7)34-11-10-27(22)45-21-8-9-24(23(33)16-21)36-31(42)37-30-15-20(38-39-30)14-29(40(5)6)32(2,3)4/h8-11,15-18,29H,12-14H2,1-7H3,(H,35,41)(H3,36,37,38,39,42). The van der Waals surface area contributed by atoms with Gasteiger partial charge in [0.25, 0.3) is 0 Å². The Morgan fingerprint density at radius 2 is 1.78 bits per heavy atom. The van der Waals surface area contributed by atoms with Gasteiger partial charge in [0, 0.05) is 56.3 Å². The molecule has 0 aliphatic heterocycles. The van der Waals surface area contributed by atoms with Crippen LogP contribution in [-0.2, 0) is 16.0 Å². The SMILES string of the molecule is COCCOc1cc2nccc(Oc3ccc(NC(=O)Nc4cc(CC(N(C)C)C(C)(C)C)n[nH]4)c(Cl)c3)c2cc1NC(C)=O. The van der Waals surface area contributed by atoms with E-state index in [4.69, 9.17) is 25.8 Å². The normalized spacial score (nSPS) is 12.2. The number of hydrogen-bond acceptors (Lipinski definition) is 8. The van der Waals surface area contributed by atoms with E-state index in [0.29, 0.717) is 58.6 Å². The van der Waals surface area contributed by atoms with Gasteiger partial charge in [-0.05, 0) is 43.8 Å². The zero-order valence-corrected chi connectivity index (χ0v) is 27.3. The molecule has 1 atom stereocenters. The third-order valence-electron chi connectivity index (χ3n) is 6.98. The number of benzene rings is 2. The van der Waals surface area contributed by atoms with Crippen LogP contribution in [-0.4, -0.2) is 72.5 Å². The zero-order valence-electron chi connectivity index (χ0n) is 26.6. The highest BCUT2D eigenvalue weighted by molar-refractivity contribution is 6.34. The van der Waals surface area contributed by atoms with Gasteiger partial charge in [0.1, 0.15) is 29.7 Å². The highest BCUT2D eigenvalue weighted by Gasteiger charge is 2.27. The number of urea groups is 1. The van der Waals surface area contributed by atoms with Crippen LogP contribution in [0.3, 0.4) is 0 Å². The minimum Gasteiger partial charge on any atom is -0.489 e. The average Bonchev–Trinajstić information content (AvgIpc) is 3.39. The lowest BCUT2D eigenvalue weighted by atomic mass is 9.83. The first kappa shape index (κ1) is 33.5. The molecule has 1 unspecified atom stereocenters. The van der Waals surface area contributed by atoms with Crippen molar-refractivity contribution in [3.05, 3.63) is 59.4 Å². The molecule has 240 valence electrons. The number of amides is 3. The molecule has 0 fully saturated rings. The van der Waals surface area contributed by atoms with E-state index in [1.807, 2.05) is 6.07 Å². The summed E-state index contributed by atoms with van der Waals surface area (Å²) in [5, 5.41) is 16.5. The number of pyridine rings is 1. The van der Waals surface area contributed by atoms with Crippen molar-refractivity contribution in [2.75, 3.05) is 50.4 Å². The number of halogens is 1. The number of aromatic amines is 1. The lowest BCUT2D eigenvalue weighted by Crippen LogP contribution is -2.41. The molecule has 12 nitrogen and oxygen atoms in total. The molecule has 0 aliphatic carbocycles. The molecule has 13 heteroatoms. The molecule has 0 spiro atoms. The van der Waals surface area contributed by atoms with Gasteiger partial charge in [-0.2, -0.15) is 5.10 Å². The van der Waals surface area contributed by atoms with Gasteiger partial charge in [-0.3, -0.25) is 20.2 Å². The molecule has 4 N–H and O–H groups in total. The molecule has 0 radical (unpaired) electrons. The molecule has 0 aliphatic rings. The summed E-state index contributed by atoms with van der Waals surface area (Å²) in [4.78, 5) is 31.2. The molecule has 4 aromatic rings. The Hall–Kier alpha value is -4.39. The molecule has 45 heavy (non-hydrogen) atoms. The number of rotatable bonds is 12. The smallest absolute Gasteiger partial charge is 0.324 e. The van der Waals surface area contributed by atoms with Crippen molar-refractivity contribution in [1.82, 2.24) is 20.1 Å². The van der Waals surface area contributed by atoms with E-state index in [1.54, 1.807) is 49.7 Å². The fourth-order valence-corrected chi connectivity index (χ4v) is 5.15. The number of likely N-dealkylation sites (N-methyl/N-ethyl adjacent to an activating group) is 1. The van der Waals surface area contributed by atoms with Crippen LogP contribution in [0.2, 0.25) is 5.02 Å². The third-order valence-corrected chi connectivity index (χ3v) is 7.29. The highest BCUT2D eigenvalue weighted by atomic mass is 35.5. The van der Waals surface area contributed by atoms with Gasteiger partial charge in [-0.15, -0.1) is 0 Å². The number of anilines is 3. The third kappa shape index (κ3) is 9.07. The van der Waals surface area contributed by atoms with Crippen LogP contribution in [0.5, 0.6) is 17.2 Å². The quantitative estimate of drug-likeness (QED) is 0.128. The maximum atomic E-state index is 12.8. The summed E-state index contributed by atoms with van der Waals surface area (Å²) < 4.78 is 17.0. The second-order valence-corrected chi connectivity index (χ2v) is 12.2. The number of fused-ring (bicyclic) bond motifs is 1. The van der Waals surface area contributed by atoms with Gasteiger partial charge in [0.2, 0.25) is 5.91 Å². The Bertz CT molecular complexity index is 1650. The zero-order chi connectivity index (χ0) is 32.7. The molecule has 2 heterocycles. The first-order chi connectivity index (χ1) is 21.3. The Balaban J connectivity index is 1.45. The second kappa shape index (κ2) is 14.6. The summed E-state index contributed by atoms with van der Waals surface area (Å²) in [7, 11) is 5.68. The van der Waals surface area contributed by atoms with Crippen LogP contribution in [0.4, 0.5) is 22.0 Å². The number of nitrogens with zero attached hydrogens (tertiary/aromatic N) is 3.